The van der Waals surface area contributed by atoms with Gasteiger partial charge in [0.25, 0.3) is 0 Å². The number of ether oxygens (including phenoxy) is 1. The monoisotopic (exact) mass is 212 g/mol. The average molecular weight is 213 g/mol. The molecule has 2 heterocycles. The second-order valence-corrected chi connectivity index (χ2v) is 3.69. The molecule has 1 aromatic heterocycles. The maximum Gasteiger partial charge on any atom is 0.128 e. The largest absolute Gasteiger partial charge is 0.378 e. The fraction of sp³-hybridized carbons (Fsp3) is 0.500. The van der Waals surface area contributed by atoms with Crippen LogP contribution < -0.4 is 4.90 Å². The topological polar surface area (TPSA) is 25.4 Å². The highest BCUT2D eigenvalue weighted by Gasteiger charge is 2.26. The predicted octanol–water partition coefficient (Wildman–Crippen LogP) is 1.66. The first-order valence-corrected chi connectivity index (χ1v) is 5.15. The summed E-state index contributed by atoms with van der Waals surface area (Å²) < 4.78 is 5.19. The molecule has 0 spiro atoms. The minimum atomic E-state index is 0.365. The Hall–Kier alpha value is -0.800. The van der Waals surface area contributed by atoms with Crippen molar-refractivity contribution in [2.75, 3.05) is 25.1 Å². The molecule has 0 radical (unpaired) electrons. The smallest absolute Gasteiger partial charge is 0.128 e. The molecule has 76 valence electrons. The molecule has 0 atom stereocenters. The summed E-state index contributed by atoms with van der Waals surface area (Å²) in [6.45, 7) is 1.87. The van der Waals surface area contributed by atoms with Crippen LogP contribution in [0.5, 0.6) is 0 Å². The lowest BCUT2D eigenvalue weighted by molar-refractivity contribution is 0.0783. The summed E-state index contributed by atoms with van der Waals surface area (Å²) in [7, 11) is 1.74. The van der Waals surface area contributed by atoms with Gasteiger partial charge in [-0.05, 0) is 11.6 Å². The van der Waals surface area contributed by atoms with E-state index in [0.29, 0.717) is 12.0 Å². The molecule has 0 unspecified atom stereocenters. The lowest BCUT2D eigenvalue weighted by atomic mass is 10.1. The summed E-state index contributed by atoms with van der Waals surface area (Å²) in [5.41, 5.74) is 1.05. The number of aromatic nitrogens is 1. The van der Waals surface area contributed by atoms with Crippen molar-refractivity contribution in [1.82, 2.24) is 4.98 Å². The number of pyridine rings is 1. The van der Waals surface area contributed by atoms with Gasteiger partial charge in [0.1, 0.15) is 5.82 Å². The Kier molecular flexibility index (Phi) is 2.89. The van der Waals surface area contributed by atoms with Crippen molar-refractivity contribution >= 4 is 17.4 Å². The van der Waals surface area contributed by atoms with E-state index in [0.717, 1.165) is 24.5 Å². The molecule has 1 saturated heterocycles. The van der Waals surface area contributed by atoms with E-state index in [4.69, 9.17) is 16.3 Å². The standard InChI is InChI=1S/C10H13ClN2O/c1-14-9-6-13(7-9)10-3-2-8(4-11)5-12-10/h2-3,5,9H,4,6-7H2,1H3. The molecule has 0 N–H and O–H groups in total. The number of rotatable bonds is 3. The fourth-order valence-electron chi connectivity index (χ4n) is 1.46. The number of methoxy groups -OCH3 is 1. The Morgan fingerprint density at radius 1 is 1.57 bits per heavy atom. The van der Waals surface area contributed by atoms with Crippen molar-refractivity contribution in [2.45, 2.75) is 12.0 Å². The summed E-state index contributed by atoms with van der Waals surface area (Å²) in [5, 5.41) is 0. The normalized spacial score (nSPS) is 16.9. The van der Waals surface area contributed by atoms with E-state index in [2.05, 4.69) is 9.88 Å². The molecule has 3 nitrogen and oxygen atoms in total. The van der Waals surface area contributed by atoms with Crippen LogP contribution in [-0.2, 0) is 10.6 Å². The molecule has 1 aliphatic rings. The number of halogens is 1. The Labute approximate surface area is 88.6 Å². The van der Waals surface area contributed by atoms with E-state index in [1.54, 1.807) is 7.11 Å². The first-order valence-electron chi connectivity index (χ1n) is 4.62. The average Bonchev–Trinajstić information content (AvgIpc) is 2.17. The Balaban J connectivity index is 1.98. The maximum absolute atomic E-state index is 5.68. The SMILES string of the molecule is COC1CN(c2ccc(CCl)cn2)C1. The van der Waals surface area contributed by atoms with Gasteiger partial charge in [-0.15, -0.1) is 11.6 Å². The minimum absolute atomic E-state index is 0.365. The van der Waals surface area contributed by atoms with Crippen LogP contribution >= 0.6 is 11.6 Å². The maximum atomic E-state index is 5.68. The highest BCUT2D eigenvalue weighted by Crippen LogP contribution is 2.20. The lowest BCUT2D eigenvalue weighted by Gasteiger charge is -2.38. The van der Waals surface area contributed by atoms with Crippen LogP contribution in [0.15, 0.2) is 18.3 Å². The quantitative estimate of drug-likeness (QED) is 0.713. The Bertz CT molecular complexity index is 295. The van der Waals surface area contributed by atoms with Crippen LogP contribution in [-0.4, -0.2) is 31.3 Å². The number of hydrogen-bond donors (Lipinski definition) is 0. The molecular weight excluding hydrogens is 200 g/mol. The van der Waals surface area contributed by atoms with Gasteiger partial charge >= 0.3 is 0 Å². The summed E-state index contributed by atoms with van der Waals surface area (Å²) >= 11 is 5.68. The van der Waals surface area contributed by atoms with E-state index in [1.807, 2.05) is 18.3 Å². The molecule has 0 aromatic carbocycles. The third-order valence-corrected chi connectivity index (χ3v) is 2.78. The van der Waals surface area contributed by atoms with Gasteiger partial charge in [-0.1, -0.05) is 6.07 Å². The summed E-state index contributed by atoms with van der Waals surface area (Å²) in [4.78, 5) is 6.51. The van der Waals surface area contributed by atoms with Gasteiger partial charge < -0.3 is 9.64 Å². The second-order valence-electron chi connectivity index (χ2n) is 3.42. The summed E-state index contributed by atoms with van der Waals surface area (Å²) in [6.07, 6.45) is 2.19. The van der Waals surface area contributed by atoms with Crippen LogP contribution in [0.2, 0.25) is 0 Å². The Morgan fingerprint density at radius 2 is 2.36 bits per heavy atom. The van der Waals surface area contributed by atoms with E-state index >= 15 is 0 Å². The van der Waals surface area contributed by atoms with E-state index in [1.165, 1.54) is 0 Å². The lowest BCUT2D eigenvalue weighted by Crippen LogP contribution is -2.52. The fourth-order valence-corrected chi connectivity index (χ4v) is 1.62. The van der Waals surface area contributed by atoms with E-state index < -0.39 is 0 Å². The zero-order chi connectivity index (χ0) is 9.97. The highest BCUT2D eigenvalue weighted by molar-refractivity contribution is 6.17. The molecule has 14 heavy (non-hydrogen) atoms. The molecule has 0 bridgehead atoms. The molecule has 0 amide bonds. The van der Waals surface area contributed by atoms with Crippen LogP contribution in [0, 0.1) is 0 Å². The van der Waals surface area contributed by atoms with Crippen molar-refractivity contribution < 1.29 is 4.74 Å². The van der Waals surface area contributed by atoms with Crippen molar-refractivity contribution in [3.63, 3.8) is 0 Å². The molecule has 1 aliphatic heterocycles. The number of nitrogens with zero attached hydrogens (tertiary/aromatic N) is 2. The van der Waals surface area contributed by atoms with Gasteiger partial charge in [0.15, 0.2) is 0 Å². The second kappa shape index (κ2) is 4.15. The minimum Gasteiger partial charge on any atom is -0.378 e. The third-order valence-electron chi connectivity index (χ3n) is 2.47. The number of alkyl halides is 1. The van der Waals surface area contributed by atoms with Crippen molar-refractivity contribution in [3.05, 3.63) is 23.9 Å². The third kappa shape index (κ3) is 1.83. The predicted molar refractivity (Wildman–Crippen MR) is 56.8 cm³/mol. The number of anilines is 1. The van der Waals surface area contributed by atoms with Crippen molar-refractivity contribution in [2.24, 2.45) is 0 Å². The molecule has 0 aliphatic carbocycles. The van der Waals surface area contributed by atoms with Gasteiger partial charge in [0.05, 0.1) is 6.10 Å². The zero-order valence-electron chi connectivity index (χ0n) is 8.11. The Morgan fingerprint density at radius 3 is 2.86 bits per heavy atom. The van der Waals surface area contributed by atoms with Crippen LogP contribution in [0.25, 0.3) is 0 Å². The summed E-state index contributed by atoms with van der Waals surface area (Å²) in [5.74, 6) is 1.53. The van der Waals surface area contributed by atoms with Gasteiger partial charge in [-0.3, -0.25) is 0 Å². The first-order chi connectivity index (χ1) is 6.83. The van der Waals surface area contributed by atoms with E-state index in [-0.39, 0.29) is 0 Å². The molecule has 4 heteroatoms. The van der Waals surface area contributed by atoms with Gasteiger partial charge in [-0.2, -0.15) is 0 Å². The molecule has 1 aromatic rings. The molecule has 2 rings (SSSR count). The van der Waals surface area contributed by atoms with Crippen LogP contribution in [0.1, 0.15) is 5.56 Å². The molecule has 1 fully saturated rings. The van der Waals surface area contributed by atoms with Crippen LogP contribution in [0.4, 0.5) is 5.82 Å². The van der Waals surface area contributed by atoms with E-state index in [9.17, 15) is 0 Å². The zero-order valence-corrected chi connectivity index (χ0v) is 8.87. The van der Waals surface area contributed by atoms with Gasteiger partial charge in [0.2, 0.25) is 0 Å². The molecular formula is C10H13ClN2O. The highest BCUT2D eigenvalue weighted by atomic mass is 35.5. The van der Waals surface area contributed by atoms with Gasteiger partial charge in [0, 0.05) is 32.3 Å². The van der Waals surface area contributed by atoms with Crippen molar-refractivity contribution in [1.29, 1.82) is 0 Å². The molecule has 0 saturated carbocycles. The number of hydrogen-bond acceptors (Lipinski definition) is 3. The first kappa shape index (κ1) is 9.74. The van der Waals surface area contributed by atoms with Crippen LogP contribution in [0.3, 0.4) is 0 Å². The van der Waals surface area contributed by atoms with Crippen molar-refractivity contribution in [3.8, 4) is 0 Å². The summed E-state index contributed by atoms with van der Waals surface area (Å²) in [6, 6.07) is 4.01. The van der Waals surface area contributed by atoms with Gasteiger partial charge in [-0.25, -0.2) is 4.98 Å².